The Balaban J connectivity index is 1.98. The molecule has 0 aliphatic rings. The molecule has 0 spiro atoms. The molecule has 10 nitrogen and oxygen atoms in total. The highest BCUT2D eigenvalue weighted by Crippen LogP contribution is 2.39. The summed E-state index contributed by atoms with van der Waals surface area (Å²) in [4.78, 5) is 18.1. The predicted octanol–water partition coefficient (Wildman–Crippen LogP) is 3.65. The van der Waals surface area contributed by atoms with Crippen LogP contribution in [-0.2, 0) is 4.74 Å². The van der Waals surface area contributed by atoms with Crippen LogP contribution < -0.4 is 10.5 Å². The number of anilines is 1. The maximum Gasteiger partial charge on any atom is 0.341 e. The minimum absolute atomic E-state index is 0.0233. The van der Waals surface area contributed by atoms with Crippen LogP contribution in [0.2, 0.25) is 0 Å². The van der Waals surface area contributed by atoms with Crippen LogP contribution in [0.1, 0.15) is 23.0 Å². The largest absolute Gasteiger partial charge is 0.497 e. The van der Waals surface area contributed by atoms with Crippen molar-refractivity contribution in [1.82, 2.24) is 24.8 Å². The normalized spacial score (nSPS) is 10.9. The molecule has 0 unspecified atom stereocenters. The van der Waals surface area contributed by atoms with Gasteiger partial charge in [0.15, 0.2) is 17.1 Å². The number of pyridine rings is 1. The van der Waals surface area contributed by atoms with Gasteiger partial charge in [0.1, 0.15) is 11.8 Å². The third-order valence-corrected chi connectivity index (χ3v) is 5.52. The molecular formula is C25H19N7O3. The van der Waals surface area contributed by atoms with Crippen LogP contribution in [0.4, 0.5) is 5.82 Å². The number of carbonyl (C=O) groups excluding carboxylic acids is 1. The molecule has 5 aromatic rings. The molecule has 3 heterocycles. The third kappa shape index (κ3) is 3.55. The van der Waals surface area contributed by atoms with Crippen molar-refractivity contribution in [1.29, 1.82) is 5.26 Å². The van der Waals surface area contributed by atoms with Crippen LogP contribution in [0.15, 0.2) is 54.6 Å². The molecule has 0 aliphatic carbocycles. The summed E-state index contributed by atoms with van der Waals surface area (Å²) >= 11 is 0. The fraction of sp³-hybridized carbons (Fsp3) is 0.120. The first-order valence-corrected chi connectivity index (χ1v) is 10.7. The molecule has 3 aromatic heterocycles. The number of carbonyl (C=O) groups is 1. The monoisotopic (exact) mass is 465 g/mol. The van der Waals surface area contributed by atoms with E-state index in [1.807, 2.05) is 48.5 Å². The fourth-order valence-corrected chi connectivity index (χ4v) is 3.95. The van der Waals surface area contributed by atoms with E-state index in [1.54, 1.807) is 26.2 Å². The van der Waals surface area contributed by atoms with Gasteiger partial charge in [0, 0.05) is 11.1 Å². The molecule has 35 heavy (non-hydrogen) atoms. The summed E-state index contributed by atoms with van der Waals surface area (Å²) in [6.07, 6.45) is 0. The van der Waals surface area contributed by atoms with E-state index in [4.69, 9.17) is 20.2 Å². The second kappa shape index (κ2) is 8.72. The maximum absolute atomic E-state index is 13.4. The van der Waals surface area contributed by atoms with E-state index in [9.17, 15) is 10.1 Å². The van der Waals surface area contributed by atoms with Crippen LogP contribution >= 0.6 is 0 Å². The van der Waals surface area contributed by atoms with Crippen LogP contribution in [-0.4, -0.2) is 44.5 Å². The molecule has 0 fully saturated rings. The number of rotatable bonds is 5. The highest BCUT2D eigenvalue weighted by molar-refractivity contribution is 6.14. The van der Waals surface area contributed by atoms with Crippen molar-refractivity contribution in [3.05, 3.63) is 65.9 Å². The SMILES string of the molecule is CCOC(=O)c1c(-c2ccccc2)nc2nn3c(N)c(C#N)nnc3c2c1-c1ccc(OC)cc1. The number of ether oxygens (including phenoxy) is 2. The predicted molar refractivity (Wildman–Crippen MR) is 129 cm³/mol. The van der Waals surface area contributed by atoms with Gasteiger partial charge in [-0.2, -0.15) is 9.78 Å². The number of benzene rings is 2. The number of nitrogens with zero attached hydrogens (tertiary/aromatic N) is 6. The Kier molecular flexibility index (Phi) is 5.43. The minimum atomic E-state index is -0.541. The van der Waals surface area contributed by atoms with Crippen LogP contribution in [0, 0.1) is 11.3 Å². The van der Waals surface area contributed by atoms with Gasteiger partial charge in [-0.1, -0.05) is 42.5 Å². The smallest absolute Gasteiger partial charge is 0.341 e. The second-order valence-electron chi connectivity index (χ2n) is 7.51. The molecule has 0 aliphatic heterocycles. The van der Waals surface area contributed by atoms with Crippen molar-refractivity contribution < 1.29 is 14.3 Å². The maximum atomic E-state index is 13.4. The van der Waals surface area contributed by atoms with Gasteiger partial charge >= 0.3 is 5.97 Å². The average molecular weight is 465 g/mol. The Morgan fingerprint density at radius 1 is 1.09 bits per heavy atom. The molecular weight excluding hydrogens is 446 g/mol. The lowest BCUT2D eigenvalue weighted by molar-refractivity contribution is 0.0528. The summed E-state index contributed by atoms with van der Waals surface area (Å²) in [7, 11) is 1.58. The molecule has 0 amide bonds. The summed E-state index contributed by atoms with van der Waals surface area (Å²) in [6, 6.07) is 18.4. The Hall–Kier alpha value is -5.04. The van der Waals surface area contributed by atoms with Crippen molar-refractivity contribution in [2.45, 2.75) is 6.92 Å². The van der Waals surface area contributed by atoms with Gasteiger partial charge in [0.2, 0.25) is 5.69 Å². The quantitative estimate of drug-likeness (QED) is 0.385. The molecule has 10 heteroatoms. The number of hydrogen-bond donors (Lipinski definition) is 1. The van der Waals surface area contributed by atoms with Crippen molar-refractivity contribution in [3.63, 3.8) is 0 Å². The highest BCUT2D eigenvalue weighted by Gasteiger charge is 2.28. The van der Waals surface area contributed by atoms with Crippen LogP contribution in [0.5, 0.6) is 5.75 Å². The highest BCUT2D eigenvalue weighted by atomic mass is 16.5. The number of nitrogen functional groups attached to an aromatic ring is 1. The zero-order valence-electron chi connectivity index (χ0n) is 18.9. The van der Waals surface area contributed by atoms with Gasteiger partial charge in [0.05, 0.1) is 30.4 Å². The molecule has 0 atom stereocenters. The topological polar surface area (TPSA) is 141 Å². The molecule has 2 aromatic carbocycles. The van der Waals surface area contributed by atoms with E-state index in [0.717, 1.165) is 0 Å². The molecule has 172 valence electrons. The zero-order valence-corrected chi connectivity index (χ0v) is 18.9. The Morgan fingerprint density at radius 2 is 1.83 bits per heavy atom. The van der Waals surface area contributed by atoms with E-state index in [-0.39, 0.29) is 29.3 Å². The molecule has 0 bridgehead atoms. The Bertz CT molecular complexity index is 1620. The first-order chi connectivity index (χ1) is 17.1. The number of methoxy groups -OCH3 is 1. The number of esters is 1. The van der Waals surface area contributed by atoms with E-state index in [2.05, 4.69) is 15.3 Å². The van der Waals surface area contributed by atoms with Gasteiger partial charge < -0.3 is 15.2 Å². The van der Waals surface area contributed by atoms with Gasteiger partial charge in [-0.15, -0.1) is 15.3 Å². The summed E-state index contributed by atoms with van der Waals surface area (Å²) in [5.41, 5.74) is 9.22. The number of hydrogen-bond acceptors (Lipinski definition) is 9. The molecule has 2 N–H and O–H groups in total. The van der Waals surface area contributed by atoms with Crippen LogP contribution in [0.3, 0.4) is 0 Å². The van der Waals surface area contributed by atoms with Gasteiger partial charge in [-0.05, 0) is 24.6 Å². The van der Waals surface area contributed by atoms with Crippen molar-refractivity contribution in [2.24, 2.45) is 0 Å². The zero-order chi connectivity index (χ0) is 24.5. The van der Waals surface area contributed by atoms with Crippen molar-refractivity contribution >= 4 is 28.5 Å². The van der Waals surface area contributed by atoms with E-state index in [0.29, 0.717) is 39.2 Å². The molecule has 0 radical (unpaired) electrons. The first kappa shape index (κ1) is 21.8. The van der Waals surface area contributed by atoms with E-state index in [1.165, 1.54) is 4.52 Å². The lowest BCUT2D eigenvalue weighted by Crippen LogP contribution is -2.10. The number of nitrogens with two attached hydrogens (primary N) is 1. The second-order valence-corrected chi connectivity index (χ2v) is 7.51. The first-order valence-electron chi connectivity index (χ1n) is 10.7. The Labute approximate surface area is 199 Å². The molecule has 5 rings (SSSR count). The number of aromatic nitrogens is 5. The summed E-state index contributed by atoms with van der Waals surface area (Å²) in [5, 5.41) is 22.5. The summed E-state index contributed by atoms with van der Waals surface area (Å²) < 4.78 is 12.1. The van der Waals surface area contributed by atoms with Gasteiger partial charge in [0.25, 0.3) is 0 Å². The number of fused-ring (bicyclic) bond motifs is 3. The van der Waals surface area contributed by atoms with Gasteiger partial charge in [-0.3, -0.25) is 0 Å². The number of nitriles is 1. The lowest BCUT2D eigenvalue weighted by atomic mass is 9.93. The minimum Gasteiger partial charge on any atom is -0.497 e. The Morgan fingerprint density at radius 3 is 2.49 bits per heavy atom. The molecule has 0 saturated carbocycles. The third-order valence-electron chi connectivity index (χ3n) is 5.52. The summed E-state index contributed by atoms with van der Waals surface area (Å²) in [5.74, 6) is 0.137. The van der Waals surface area contributed by atoms with Crippen molar-refractivity contribution in [2.75, 3.05) is 19.5 Å². The average Bonchev–Trinajstić information content (AvgIpc) is 3.28. The van der Waals surface area contributed by atoms with Gasteiger partial charge in [-0.25, -0.2) is 9.78 Å². The standard InChI is InChI=1S/C25H19N7O3/c1-3-35-25(33)19-18(14-9-11-16(34-2)12-10-14)20-23(28-21(19)15-7-5-4-6-8-15)31-32-22(27)17(13-26)29-30-24(20)32/h4-12H,3,27H2,1-2H3. The fourth-order valence-electron chi connectivity index (χ4n) is 3.95. The van der Waals surface area contributed by atoms with Crippen LogP contribution in [0.25, 0.3) is 39.1 Å². The molecule has 0 saturated heterocycles. The van der Waals surface area contributed by atoms with Crippen molar-refractivity contribution in [3.8, 4) is 34.2 Å². The van der Waals surface area contributed by atoms with E-state index >= 15 is 0 Å². The summed E-state index contributed by atoms with van der Waals surface area (Å²) in [6.45, 7) is 1.92. The lowest BCUT2D eigenvalue weighted by Gasteiger charge is -2.15. The van der Waals surface area contributed by atoms with E-state index < -0.39 is 5.97 Å².